The summed E-state index contributed by atoms with van der Waals surface area (Å²) in [4.78, 5) is 4.95. The molecule has 0 aromatic rings. The number of fused-ring (bicyclic) bond motifs is 1. The van der Waals surface area contributed by atoms with Gasteiger partial charge in [0.15, 0.2) is 0 Å². The van der Waals surface area contributed by atoms with Crippen molar-refractivity contribution in [3.05, 3.63) is 11.6 Å². The standard InChI is InChI=1S/C8H9NO2/c1-2-8(1)3-6-4-11-9-7(6)5-10-8/h3H,1-2,4-5H2. The largest absolute Gasteiger partial charge is 0.391 e. The summed E-state index contributed by atoms with van der Waals surface area (Å²) in [5.74, 6) is 0. The van der Waals surface area contributed by atoms with Crippen LogP contribution in [-0.4, -0.2) is 24.5 Å². The number of hydrogen-bond donors (Lipinski definition) is 0. The van der Waals surface area contributed by atoms with E-state index in [-0.39, 0.29) is 5.60 Å². The van der Waals surface area contributed by atoms with Crippen LogP contribution < -0.4 is 0 Å². The van der Waals surface area contributed by atoms with E-state index < -0.39 is 0 Å². The van der Waals surface area contributed by atoms with Gasteiger partial charge in [-0.05, 0) is 18.9 Å². The van der Waals surface area contributed by atoms with Crippen LogP contribution in [0.1, 0.15) is 12.8 Å². The summed E-state index contributed by atoms with van der Waals surface area (Å²) in [6.45, 7) is 1.30. The molecule has 58 valence electrons. The summed E-state index contributed by atoms with van der Waals surface area (Å²) in [5, 5.41) is 3.87. The Morgan fingerprint density at radius 2 is 2.27 bits per heavy atom. The second kappa shape index (κ2) is 1.67. The van der Waals surface area contributed by atoms with Gasteiger partial charge in [0.05, 0.1) is 12.2 Å². The first-order valence-electron chi connectivity index (χ1n) is 3.93. The van der Waals surface area contributed by atoms with Crippen molar-refractivity contribution in [1.29, 1.82) is 0 Å². The number of oxime groups is 1. The normalized spacial score (nSPS) is 30.5. The zero-order valence-corrected chi connectivity index (χ0v) is 6.17. The van der Waals surface area contributed by atoms with E-state index in [1.807, 2.05) is 0 Å². The molecule has 0 unspecified atom stereocenters. The van der Waals surface area contributed by atoms with E-state index in [0.29, 0.717) is 13.2 Å². The summed E-state index contributed by atoms with van der Waals surface area (Å²) >= 11 is 0. The third-order valence-electron chi connectivity index (χ3n) is 2.44. The summed E-state index contributed by atoms with van der Waals surface area (Å²) in [6, 6.07) is 0. The molecule has 1 saturated carbocycles. The molecule has 1 aliphatic carbocycles. The second-order valence-corrected chi connectivity index (χ2v) is 3.33. The van der Waals surface area contributed by atoms with Crippen LogP contribution in [0.15, 0.2) is 16.8 Å². The molecule has 0 aromatic carbocycles. The first kappa shape index (κ1) is 5.77. The molecule has 11 heavy (non-hydrogen) atoms. The zero-order valence-electron chi connectivity index (χ0n) is 6.17. The fourth-order valence-corrected chi connectivity index (χ4v) is 1.55. The molecule has 2 aliphatic heterocycles. The molecule has 0 radical (unpaired) electrons. The molecule has 2 heterocycles. The first-order valence-corrected chi connectivity index (χ1v) is 3.93. The van der Waals surface area contributed by atoms with E-state index in [1.165, 1.54) is 18.4 Å². The highest BCUT2D eigenvalue weighted by molar-refractivity contribution is 6.03. The van der Waals surface area contributed by atoms with Gasteiger partial charge in [0.25, 0.3) is 0 Å². The highest BCUT2D eigenvalue weighted by Gasteiger charge is 2.46. The third-order valence-corrected chi connectivity index (χ3v) is 2.44. The van der Waals surface area contributed by atoms with Crippen LogP contribution in [-0.2, 0) is 9.57 Å². The van der Waals surface area contributed by atoms with E-state index in [9.17, 15) is 0 Å². The SMILES string of the molecule is C1=C2CON=C2COC12CC2. The number of nitrogens with zero attached hydrogens (tertiary/aromatic N) is 1. The number of rotatable bonds is 0. The maximum atomic E-state index is 5.60. The Morgan fingerprint density at radius 1 is 1.36 bits per heavy atom. The van der Waals surface area contributed by atoms with Crippen LogP contribution in [0.3, 0.4) is 0 Å². The molecule has 1 spiro atoms. The lowest BCUT2D eigenvalue weighted by molar-refractivity contribution is 0.0932. The quantitative estimate of drug-likeness (QED) is 0.514. The van der Waals surface area contributed by atoms with E-state index in [0.717, 1.165) is 5.71 Å². The summed E-state index contributed by atoms with van der Waals surface area (Å²) in [5.41, 5.74) is 2.33. The highest BCUT2D eigenvalue weighted by atomic mass is 16.6. The predicted molar refractivity (Wildman–Crippen MR) is 39.4 cm³/mol. The van der Waals surface area contributed by atoms with Gasteiger partial charge in [0.2, 0.25) is 0 Å². The minimum Gasteiger partial charge on any atom is -0.391 e. The van der Waals surface area contributed by atoms with Gasteiger partial charge in [0, 0.05) is 5.57 Å². The topological polar surface area (TPSA) is 30.8 Å². The summed E-state index contributed by atoms with van der Waals surface area (Å²) < 4.78 is 5.60. The monoisotopic (exact) mass is 151 g/mol. The van der Waals surface area contributed by atoms with Crippen LogP contribution in [0.2, 0.25) is 0 Å². The Labute approximate surface area is 64.7 Å². The van der Waals surface area contributed by atoms with Gasteiger partial charge >= 0.3 is 0 Å². The maximum absolute atomic E-state index is 5.60. The van der Waals surface area contributed by atoms with Crippen LogP contribution in [0.5, 0.6) is 0 Å². The molecule has 0 atom stereocenters. The summed E-state index contributed by atoms with van der Waals surface area (Å²) in [6.07, 6.45) is 4.52. The molecule has 0 bridgehead atoms. The van der Waals surface area contributed by atoms with E-state index >= 15 is 0 Å². The first-order chi connectivity index (χ1) is 5.38. The molecule has 0 saturated heterocycles. The number of hydrogen-bond acceptors (Lipinski definition) is 3. The summed E-state index contributed by atoms with van der Waals surface area (Å²) in [7, 11) is 0. The molecule has 0 aromatic heterocycles. The zero-order chi connectivity index (χ0) is 7.31. The average Bonchev–Trinajstić information content (AvgIpc) is 2.63. The molecule has 3 heteroatoms. The highest BCUT2D eigenvalue weighted by Crippen LogP contribution is 2.44. The van der Waals surface area contributed by atoms with Crippen LogP contribution in [0, 0.1) is 0 Å². The van der Waals surface area contributed by atoms with Crippen molar-refractivity contribution in [1.82, 2.24) is 0 Å². The van der Waals surface area contributed by atoms with E-state index in [1.54, 1.807) is 0 Å². The Hall–Kier alpha value is -0.830. The van der Waals surface area contributed by atoms with E-state index in [4.69, 9.17) is 9.57 Å². The lowest BCUT2D eigenvalue weighted by atomic mass is 10.1. The van der Waals surface area contributed by atoms with Gasteiger partial charge < -0.3 is 9.57 Å². The van der Waals surface area contributed by atoms with Crippen LogP contribution in [0.4, 0.5) is 0 Å². The van der Waals surface area contributed by atoms with Crippen molar-refractivity contribution in [2.24, 2.45) is 5.16 Å². The van der Waals surface area contributed by atoms with Crippen LogP contribution in [0.25, 0.3) is 0 Å². The van der Waals surface area contributed by atoms with Gasteiger partial charge in [-0.2, -0.15) is 0 Å². The molecule has 1 fully saturated rings. The van der Waals surface area contributed by atoms with Gasteiger partial charge in [-0.1, -0.05) is 5.16 Å². The molecule has 3 nitrogen and oxygen atoms in total. The smallest absolute Gasteiger partial charge is 0.144 e. The Morgan fingerprint density at radius 3 is 3.09 bits per heavy atom. The van der Waals surface area contributed by atoms with Gasteiger partial charge in [-0.25, -0.2) is 0 Å². The molecule has 3 rings (SSSR count). The fourth-order valence-electron chi connectivity index (χ4n) is 1.55. The fraction of sp³-hybridized carbons (Fsp3) is 0.625. The minimum atomic E-state index is 0.0993. The lowest BCUT2D eigenvalue weighted by Crippen LogP contribution is -2.25. The lowest BCUT2D eigenvalue weighted by Gasteiger charge is -2.17. The number of ether oxygens (including phenoxy) is 1. The Kier molecular flexibility index (Phi) is 0.874. The van der Waals surface area contributed by atoms with Gasteiger partial charge in [-0.3, -0.25) is 0 Å². The molecule has 3 aliphatic rings. The van der Waals surface area contributed by atoms with Crippen molar-refractivity contribution in [2.45, 2.75) is 18.4 Å². The minimum absolute atomic E-state index is 0.0993. The maximum Gasteiger partial charge on any atom is 0.144 e. The predicted octanol–water partition coefficient (Wildman–Crippen LogP) is 0.862. The molecular weight excluding hydrogens is 142 g/mol. The molecule has 0 amide bonds. The van der Waals surface area contributed by atoms with E-state index in [2.05, 4.69) is 11.2 Å². The van der Waals surface area contributed by atoms with Gasteiger partial charge in [-0.15, -0.1) is 0 Å². The average molecular weight is 151 g/mol. The van der Waals surface area contributed by atoms with Crippen LogP contribution >= 0.6 is 0 Å². The Bertz CT molecular complexity index is 263. The third kappa shape index (κ3) is 0.744. The Balaban J connectivity index is 2.01. The van der Waals surface area contributed by atoms with Crippen molar-refractivity contribution >= 4 is 5.71 Å². The van der Waals surface area contributed by atoms with Crippen molar-refractivity contribution in [3.63, 3.8) is 0 Å². The van der Waals surface area contributed by atoms with Crippen molar-refractivity contribution in [2.75, 3.05) is 13.2 Å². The molecular formula is C8H9NO2. The van der Waals surface area contributed by atoms with Gasteiger partial charge in [0.1, 0.15) is 12.3 Å². The van der Waals surface area contributed by atoms with Crippen molar-refractivity contribution in [3.8, 4) is 0 Å². The molecule has 0 N–H and O–H groups in total. The second-order valence-electron chi connectivity index (χ2n) is 3.33. The van der Waals surface area contributed by atoms with Crippen molar-refractivity contribution < 1.29 is 9.57 Å².